The molecule has 0 spiro atoms. The second kappa shape index (κ2) is 6.71. The van der Waals surface area contributed by atoms with E-state index in [-0.39, 0.29) is 11.2 Å². The molecular formula is C20H26N4O2S. The highest BCUT2D eigenvalue weighted by atomic mass is 32.2. The van der Waals surface area contributed by atoms with Crippen molar-refractivity contribution < 1.29 is 8.42 Å². The summed E-state index contributed by atoms with van der Waals surface area (Å²) in [7, 11) is -3.21. The fourth-order valence-electron chi connectivity index (χ4n) is 4.74. The molecular weight excluding hydrogens is 360 g/mol. The van der Waals surface area contributed by atoms with Gasteiger partial charge in [0.05, 0.1) is 5.25 Å². The van der Waals surface area contributed by atoms with Gasteiger partial charge in [-0.15, -0.1) is 10.2 Å². The van der Waals surface area contributed by atoms with Crippen LogP contribution in [-0.2, 0) is 23.0 Å². The summed E-state index contributed by atoms with van der Waals surface area (Å²) in [5, 5.41) is 8.58. The SMILES string of the molecule is O=S(=O)([C@@H]1C[C@H]1c1ccccc1)N1CCC(c2nnc3n2CCCC3)CC1. The minimum absolute atomic E-state index is 0.164. The Hall–Kier alpha value is -1.73. The van der Waals surface area contributed by atoms with Crippen molar-refractivity contribution in [2.75, 3.05) is 13.1 Å². The monoisotopic (exact) mass is 386 g/mol. The van der Waals surface area contributed by atoms with Crippen LogP contribution in [0.25, 0.3) is 0 Å². The van der Waals surface area contributed by atoms with Gasteiger partial charge in [0.1, 0.15) is 11.6 Å². The summed E-state index contributed by atoms with van der Waals surface area (Å²) in [4.78, 5) is 0. The molecule has 7 heteroatoms. The lowest BCUT2D eigenvalue weighted by molar-refractivity contribution is 0.306. The Bertz CT molecular complexity index is 917. The molecule has 0 unspecified atom stereocenters. The summed E-state index contributed by atoms with van der Waals surface area (Å²) < 4.78 is 30.1. The van der Waals surface area contributed by atoms with E-state index in [1.54, 1.807) is 4.31 Å². The van der Waals surface area contributed by atoms with Gasteiger partial charge in [0.25, 0.3) is 0 Å². The molecule has 0 amide bonds. The Kier molecular flexibility index (Phi) is 4.31. The van der Waals surface area contributed by atoms with Gasteiger partial charge < -0.3 is 4.57 Å². The van der Waals surface area contributed by atoms with Crippen LogP contribution in [0.4, 0.5) is 0 Å². The number of nitrogens with zero attached hydrogens (tertiary/aromatic N) is 4. The Morgan fingerprint density at radius 1 is 0.963 bits per heavy atom. The van der Waals surface area contributed by atoms with Crippen LogP contribution >= 0.6 is 0 Å². The predicted octanol–water partition coefficient (Wildman–Crippen LogP) is 2.68. The molecule has 0 radical (unpaired) electrons. The average molecular weight is 387 g/mol. The van der Waals surface area contributed by atoms with Gasteiger partial charge in [0.2, 0.25) is 10.0 Å². The normalized spacial score (nSPS) is 26.7. The molecule has 2 aromatic rings. The number of hydrogen-bond donors (Lipinski definition) is 0. The smallest absolute Gasteiger partial charge is 0.217 e. The number of benzene rings is 1. The highest BCUT2D eigenvalue weighted by Gasteiger charge is 2.50. The van der Waals surface area contributed by atoms with Crippen LogP contribution in [0.5, 0.6) is 0 Å². The first-order chi connectivity index (χ1) is 13.1. The van der Waals surface area contributed by atoms with Gasteiger partial charge in [-0.1, -0.05) is 30.3 Å². The van der Waals surface area contributed by atoms with Crippen molar-refractivity contribution in [3.05, 3.63) is 47.5 Å². The maximum absolute atomic E-state index is 13.1. The molecule has 1 aromatic heterocycles. The second-order valence-corrected chi connectivity index (χ2v) is 10.2. The third-order valence-corrected chi connectivity index (χ3v) is 8.78. The molecule has 1 aromatic carbocycles. The molecule has 6 nitrogen and oxygen atoms in total. The van der Waals surface area contributed by atoms with E-state index in [4.69, 9.17) is 0 Å². The number of rotatable bonds is 4. The number of aromatic nitrogens is 3. The summed E-state index contributed by atoms with van der Waals surface area (Å²) in [5.74, 6) is 2.68. The lowest BCUT2D eigenvalue weighted by atomic mass is 9.97. The van der Waals surface area contributed by atoms with Crippen molar-refractivity contribution in [2.45, 2.75) is 62.2 Å². The van der Waals surface area contributed by atoms with Gasteiger partial charge in [0, 0.05) is 37.9 Å². The van der Waals surface area contributed by atoms with E-state index in [9.17, 15) is 8.42 Å². The predicted molar refractivity (Wildman–Crippen MR) is 103 cm³/mol. The van der Waals surface area contributed by atoms with Crippen LogP contribution in [0.1, 0.15) is 61.2 Å². The zero-order chi connectivity index (χ0) is 18.4. The zero-order valence-corrected chi connectivity index (χ0v) is 16.3. The molecule has 0 N–H and O–H groups in total. The number of hydrogen-bond acceptors (Lipinski definition) is 4. The molecule has 2 aliphatic heterocycles. The van der Waals surface area contributed by atoms with Crippen LogP contribution in [0, 0.1) is 0 Å². The second-order valence-electron chi connectivity index (χ2n) is 8.09. The number of sulfonamides is 1. The zero-order valence-electron chi connectivity index (χ0n) is 15.5. The molecule has 3 heterocycles. The van der Waals surface area contributed by atoms with Gasteiger partial charge in [-0.2, -0.15) is 0 Å². The summed E-state index contributed by atoms with van der Waals surface area (Å²) in [6.45, 7) is 2.22. The van der Waals surface area contributed by atoms with Gasteiger partial charge in [-0.25, -0.2) is 12.7 Å². The highest BCUT2D eigenvalue weighted by Crippen LogP contribution is 2.47. The first kappa shape index (κ1) is 17.4. The molecule has 5 rings (SSSR count). The van der Waals surface area contributed by atoms with E-state index in [2.05, 4.69) is 14.8 Å². The largest absolute Gasteiger partial charge is 0.315 e. The molecule has 1 aliphatic carbocycles. The van der Waals surface area contributed by atoms with Crippen molar-refractivity contribution >= 4 is 10.0 Å². The van der Waals surface area contributed by atoms with Gasteiger partial charge >= 0.3 is 0 Å². The Labute approximate surface area is 160 Å². The molecule has 2 fully saturated rings. The summed E-state index contributed by atoms with van der Waals surface area (Å²) in [5.41, 5.74) is 1.15. The van der Waals surface area contributed by atoms with Gasteiger partial charge in [-0.3, -0.25) is 0 Å². The van der Waals surface area contributed by atoms with Crippen molar-refractivity contribution in [1.82, 2.24) is 19.1 Å². The average Bonchev–Trinajstić information content (AvgIpc) is 3.42. The lowest BCUT2D eigenvalue weighted by Gasteiger charge is -2.31. The third kappa shape index (κ3) is 3.10. The summed E-state index contributed by atoms with van der Waals surface area (Å²) in [6.07, 6.45) is 5.85. The van der Waals surface area contributed by atoms with E-state index in [0.717, 1.165) is 49.4 Å². The standard InChI is InChI=1S/C20H26N4O2S/c25-27(26,18-14-17(18)15-6-2-1-3-7-15)23-12-9-16(10-13-23)20-22-21-19-8-4-5-11-24(19)20/h1-3,6-7,16-18H,4-5,8-14H2/t17-,18+/m0/s1. The highest BCUT2D eigenvalue weighted by molar-refractivity contribution is 7.90. The molecule has 1 saturated heterocycles. The Balaban J connectivity index is 1.25. The minimum atomic E-state index is -3.21. The third-order valence-electron chi connectivity index (χ3n) is 6.41. The maximum atomic E-state index is 13.1. The summed E-state index contributed by atoms with van der Waals surface area (Å²) >= 11 is 0. The Morgan fingerprint density at radius 2 is 1.74 bits per heavy atom. The first-order valence-corrected chi connectivity index (χ1v) is 11.6. The van der Waals surface area contributed by atoms with Crippen molar-refractivity contribution in [3.8, 4) is 0 Å². The van der Waals surface area contributed by atoms with E-state index in [0.29, 0.717) is 19.0 Å². The quantitative estimate of drug-likeness (QED) is 0.810. The number of aryl methyl sites for hydroxylation is 1. The van der Waals surface area contributed by atoms with Crippen LogP contribution < -0.4 is 0 Å². The fourth-order valence-corrected chi connectivity index (χ4v) is 6.87. The van der Waals surface area contributed by atoms with E-state index in [1.807, 2.05) is 30.3 Å². The van der Waals surface area contributed by atoms with Crippen LogP contribution in [0.2, 0.25) is 0 Å². The van der Waals surface area contributed by atoms with Crippen LogP contribution in [0.3, 0.4) is 0 Å². The Morgan fingerprint density at radius 3 is 2.52 bits per heavy atom. The molecule has 144 valence electrons. The van der Waals surface area contributed by atoms with E-state index < -0.39 is 10.0 Å². The molecule has 0 bridgehead atoms. The van der Waals surface area contributed by atoms with Crippen molar-refractivity contribution in [2.24, 2.45) is 0 Å². The van der Waals surface area contributed by atoms with Gasteiger partial charge in [0.15, 0.2) is 0 Å². The lowest BCUT2D eigenvalue weighted by Crippen LogP contribution is -2.40. The molecule has 27 heavy (non-hydrogen) atoms. The van der Waals surface area contributed by atoms with Crippen molar-refractivity contribution in [3.63, 3.8) is 0 Å². The molecule has 3 aliphatic rings. The number of piperidine rings is 1. The topological polar surface area (TPSA) is 68.1 Å². The minimum Gasteiger partial charge on any atom is -0.315 e. The van der Waals surface area contributed by atoms with Crippen LogP contribution in [-0.4, -0.2) is 45.8 Å². The van der Waals surface area contributed by atoms with Crippen LogP contribution in [0.15, 0.2) is 30.3 Å². The fraction of sp³-hybridized carbons (Fsp3) is 0.600. The van der Waals surface area contributed by atoms with Crippen molar-refractivity contribution in [1.29, 1.82) is 0 Å². The maximum Gasteiger partial charge on any atom is 0.217 e. The summed E-state index contributed by atoms with van der Waals surface area (Å²) in [6, 6.07) is 10.0. The van der Waals surface area contributed by atoms with E-state index >= 15 is 0 Å². The number of fused-ring (bicyclic) bond motifs is 1. The first-order valence-electron chi connectivity index (χ1n) is 10.1. The molecule has 1 saturated carbocycles. The molecule has 2 atom stereocenters. The van der Waals surface area contributed by atoms with E-state index in [1.165, 1.54) is 12.8 Å². The van der Waals surface area contributed by atoms with Gasteiger partial charge in [-0.05, 0) is 37.7 Å².